The second-order valence-electron chi connectivity index (χ2n) is 6.27. The number of urea groups is 1. The molecule has 1 fully saturated rings. The summed E-state index contributed by atoms with van der Waals surface area (Å²) in [7, 11) is 0. The maximum Gasteiger partial charge on any atom is 0.417 e. The number of hydrogen-bond acceptors (Lipinski definition) is 3. The lowest BCUT2D eigenvalue weighted by Crippen LogP contribution is -2.51. The molecule has 0 aliphatic carbocycles. The molecule has 2 heterocycles. The first-order valence-corrected chi connectivity index (χ1v) is 9.24. The topological polar surface area (TPSA) is 48.5 Å². The van der Waals surface area contributed by atoms with Gasteiger partial charge in [-0.3, -0.25) is 0 Å². The third-order valence-electron chi connectivity index (χ3n) is 4.41. The number of pyridine rings is 1. The predicted octanol–water partition coefficient (Wildman–Crippen LogP) is 4.44. The van der Waals surface area contributed by atoms with Gasteiger partial charge in [-0.1, -0.05) is 29.3 Å². The van der Waals surface area contributed by atoms with Crippen LogP contribution in [0.15, 0.2) is 36.5 Å². The maximum atomic E-state index is 12.6. The molecule has 1 aromatic heterocycles. The molecule has 1 N–H and O–H groups in total. The van der Waals surface area contributed by atoms with Gasteiger partial charge in [0.2, 0.25) is 0 Å². The van der Waals surface area contributed by atoms with Gasteiger partial charge in [-0.2, -0.15) is 13.2 Å². The zero-order chi connectivity index (χ0) is 20.3. The van der Waals surface area contributed by atoms with E-state index in [1.807, 2.05) is 4.90 Å². The van der Waals surface area contributed by atoms with Gasteiger partial charge in [-0.05, 0) is 29.8 Å². The molecule has 0 unspecified atom stereocenters. The third kappa shape index (κ3) is 4.99. The minimum Gasteiger partial charge on any atom is -0.353 e. The molecule has 3 rings (SSSR count). The fourth-order valence-electron chi connectivity index (χ4n) is 2.83. The van der Waals surface area contributed by atoms with Gasteiger partial charge in [0.15, 0.2) is 0 Å². The van der Waals surface area contributed by atoms with Crippen molar-refractivity contribution in [1.29, 1.82) is 0 Å². The molecule has 2 aromatic rings. The van der Waals surface area contributed by atoms with Crippen molar-refractivity contribution in [3.63, 3.8) is 0 Å². The van der Waals surface area contributed by atoms with Gasteiger partial charge in [0.1, 0.15) is 5.82 Å². The van der Waals surface area contributed by atoms with Crippen LogP contribution in [-0.2, 0) is 12.7 Å². The summed E-state index contributed by atoms with van der Waals surface area (Å²) in [5.41, 5.74) is -0.0258. The SMILES string of the molecule is O=C(NCc1ccc(Cl)cc1Cl)N1CCN(c2ccc(C(F)(F)F)cn2)CC1. The summed E-state index contributed by atoms with van der Waals surface area (Å²) in [5, 5.41) is 3.81. The molecule has 1 aliphatic heterocycles. The predicted molar refractivity (Wildman–Crippen MR) is 102 cm³/mol. The summed E-state index contributed by atoms with van der Waals surface area (Å²) in [6.45, 7) is 2.10. The van der Waals surface area contributed by atoms with Gasteiger partial charge in [0.05, 0.1) is 5.56 Å². The lowest BCUT2D eigenvalue weighted by Gasteiger charge is -2.35. The van der Waals surface area contributed by atoms with Crippen LogP contribution >= 0.6 is 23.2 Å². The Labute approximate surface area is 170 Å². The molecule has 28 heavy (non-hydrogen) atoms. The average Bonchev–Trinajstić information content (AvgIpc) is 2.67. The van der Waals surface area contributed by atoms with E-state index >= 15 is 0 Å². The highest BCUT2D eigenvalue weighted by molar-refractivity contribution is 6.35. The lowest BCUT2D eigenvalue weighted by atomic mass is 10.2. The van der Waals surface area contributed by atoms with Crippen molar-refractivity contribution in [3.05, 3.63) is 57.7 Å². The molecule has 0 radical (unpaired) electrons. The number of carbonyl (C=O) groups is 1. The highest BCUT2D eigenvalue weighted by atomic mass is 35.5. The first kappa shape index (κ1) is 20.5. The number of rotatable bonds is 3. The quantitative estimate of drug-likeness (QED) is 0.779. The zero-order valence-corrected chi connectivity index (χ0v) is 16.2. The Balaban J connectivity index is 1.51. The molecule has 1 saturated heterocycles. The Morgan fingerprint density at radius 3 is 2.39 bits per heavy atom. The van der Waals surface area contributed by atoms with Gasteiger partial charge in [0.25, 0.3) is 0 Å². The monoisotopic (exact) mass is 432 g/mol. The molecule has 5 nitrogen and oxygen atoms in total. The Bertz CT molecular complexity index is 838. The number of halogens is 5. The van der Waals surface area contributed by atoms with E-state index < -0.39 is 11.7 Å². The minimum atomic E-state index is -4.41. The van der Waals surface area contributed by atoms with Crippen molar-refractivity contribution in [2.75, 3.05) is 31.1 Å². The van der Waals surface area contributed by atoms with E-state index in [1.54, 1.807) is 23.1 Å². The van der Waals surface area contributed by atoms with E-state index in [0.717, 1.165) is 17.8 Å². The third-order valence-corrected chi connectivity index (χ3v) is 5.00. The highest BCUT2D eigenvalue weighted by Crippen LogP contribution is 2.29. The summed E-state index contributed by atoms with van der Waals surface area (Å²) in [6.07, 6.45) is -3.58. The van der Waals surface area contributed by atoms with Gasteiger partial charge in [-0.25, -0.2) is 9.78 Å². The molecule has 2 amide bonds. The molecular weight excluding hydrogens is 416 g/mol. The van der Waals surface area contributed by atoms with Crippen LogP contribution in [0.4, 0.5) is 23.8 Å². The molecule has 1 aromatic carbocycles. The fraction of sp³-hybridized carbons (Fsp3) is 0.333. The number of piperazine rings is 1. The molecular formula is C18H17Cl2F3N4O. The molecule has 0 atom stereocenters. The van der Waals surface area contributed by atoms with Crippen LogP contribution in [0, 0.1) is 0 Å². The number of carbonyl (C=O) groups excluding carboxylic acids is 1. The molecule has 1 aliphatic rings. The van der Waals surface area contributed by atoms with Crippen LogP contribution < -0.4 is 10.2 Å². The van der Waals surface area contributed by atoms with Crippen molar-refractivity contribution >= 4 is 35.1 Å². The van der Waals surface area contributed by atoms with Gasteiger partial charge in [-0.15, -0.1) is 0 Å². The van der Waals surface area contributed by atoms with Crippen molar-refractivity contribution in [3.8, 4) is 0 Å². The van der Waals surface area contributed by atoms with Crippen LogP contribution in [0.5, 0.6) is 0 Å². The van der Waals surface area contributed by atoms with Gasteiger partial charge >= 0.3 is 12.2 Å². The normalized spacial score (nSPS) is 14.9. The number of aromatic nitrogens is 1. The van der Waals surface area contributed by atoms with Crippen LogP contribution in [0.25, 0.3) is 0 Å². The summed E-state index contributed by atoms with van der Waals surface area (Å²) in [5.74, 6) is 0.459. The Morgan fingerprint density at radius 1 is 1.11 bits per heavy atom. The maximum absolute atomic E-state index is 12.6. The lowest BCUT2D eigenvalue weighted by molar-refractivity contribution is -0.137. The Morgan fingerprint density at radius 2 is 1.82 bits per heavy atom. The van der Waals surface area contributed by atoms with Gasteiger partial charge in [0, 0.05) is 49.0 Å². The number of nitrogens with zero attached hydrogens (tertiary/aromatic N) is 3. The molecule has 0 saturated carbocycles. The largest absolute Gasteiger partial charge is 0.417 e. The second-order valence-corrected chi connectivity index (χ2v) is 7.12. The van der Waals surface area contributed by atoms with E-state index in [4.69, 9.17) is 23.2 Å². The molecule has 10 heteroatoms. The van der Waals surface area contributed by atoms with Crippen LogP contribution in [0.2, 0.25) is 10.0 Å². The smallest absolute Gasteiger partial charge is 0.353 e. The summed E-state index contributed by atoms with van der Waals surface area (Å²) in [4.78, 5) is 19.7. The average molecular weight is 433 g/mol. The molecule has 0 bridgehead atoms. The number of amides is 2. The van der Waals surface area contributed by atoms with Crippen LogP contribution in [0.3, 0.4) is 0 Å². The van der Waals surface area contributed by atoms with Crippen molar-refractivity contribution in [1.82, 2.24) is 15.2 Å². The Hall–Kier alpha value is -2.19. The number of benzene rings is 1. The Kier molecular flexibility index (Phi) is 6.20. The summed E-state index contributed by atoms with van der Waals surface area (Å²) >= 11 is 11.9. The zero-order valence-electron chi connectivity index (χ0n) is 14.6. The van der Waals surface area contributed by atoms with Crippen molar-refractivity contribution < 1.29 is 18.0 Å². The number of alkyl halides is 3. The van der Waals surface area contributed by atoms with E-state index in [2.05, 4.69) is 10.3 Å². The summed E-state index contributed by atoms with van der Waals surface area (Å²) < 4.78 is 37.9. The first-order chi connectivity index (χ1) is 13.2. The fourth-order valence-corrected chi connectivity index (χ4v) is 3.30. The van der Waals surface area contributed by atoms with E-state index in [1.165, 1.54) is 6.07 Å². The van der Waals surface area contributed by atoms with Crippen molar-refractivity contribution in [2.45, 2.75) is 12.7 Å². The van der Waals surface area contributed by atoms with Crippen LogP contribution in [-0.4, -0.2) is 42.1 Å². The standard InChI is InChI=1S/C18H17Cl2F3N4O/c19-14-3-1-12(15(20)9-14)10-25-17(28)27-7-5-26(6-8-27)16-4-2-13(11-24-16)18(21,22)23/h1-4,9,11H,5-8,10H2,(H,25,28). The van der Waals surface area contributed by atoms with Crippen molar-refractivity contribution in [2.24, 2.45) is 0 Å². The first-order valence-electron chi connectivity index (χ1n) is 8.49. The second kappa shape index (κ2) is 8.45. The van der Waals surface area contributed by atoms with E-state index in [9.17, 15) is 18.0 Å². The molecule has 0 spiro atoms. The van der Waals surface area contributed by atoms with Crippen LogP contribution in [0.1, 0.15) is 11.1 Å². The number of anilines is 1. The highest BCUT2D eigenvalue weighted by Gasteiger charge is 2.31. The minimum absolute atomic E-state index is 0.231. The van der Waals surface area contributed by atoms with Gasteiger partial charge < -0.3 is 15.1 Å². The summed E-state index contributed by atoms with van der Waals surface area (Å²) in [6, 6.07) is 7.19. The van der Waals surface area contributed by atoms with E-state index in [-0.39, 0.29) is 12.6 Å². The van der Waals surface area contributed by atoms with E-state index in [0.29, 0.717) is 42.0 Å². The number of nitrogens with one attached hydrogen (secondary N) is 1. The molecule has 150 valence electrons. The number of hydrogen-bond donors (Lipinski definition) is 1.